The maximum Gasteiger partial charge on any atom is 0.162 e. The van der Waals surface area contributed by atoms with E-state index >= 15 is 0 Å². The number of benzene rings is 2. The summed E-state index contributed by atoms with van der Waals surface area (Å²) in [6, 6.07) is 15.8. The largest absolute Gasteiger partial charge is 0.493 e. The van der Waals surface area contributed by atoms with Gasteiger partial charge in [0.1, 0.15) is 6.61 Å². The minimum Gasteiger partial charge on any atom is -0.493 e. The molecule has 4 heteroatoms. The number of nitrogens with zero attached hydrogens (tertiary/aromatic N) is 2. The van der Waals surface area contributed by atoms with Gasteiger partial charge in [-0.05, 0) is 29.3 Å². The van der Waals surface area contributed by atoms with Crippen LogP contribution in [0.4, 0.5) is 0 Å². The smallest absolute Gasteiger partial charge is 0.162 e. The minimum atomic E-state index is 0.505. The van der Waals surface area contributed by atoms with Crippen molar-refractivity contribution in [1.82, 2.24) is 5.01 Å². The van der Waals surface area contributed by atoms with Crippen molar-refractivity contribution in [1.29, 1.82) is 0 Å². The van der Waals surface area contributed by atoms with E-state index in [1.54, 1.807) is 18.3 Å². The second kappa shape index (κ2) is 7.33. The van der Waals surface area contributed by atoms with Gasteiger partial charge in [0.05, 0.1) is 13.3 Å². The summed E-state index contributed by atoms with van der Waals surface area (Å²) in [7, 11) is 5.40. The SMILES string of the molecule is COc1ccc(C=NN(C)C)cc1OCc1ccccc1. The van der Waals surface area contributed by atoms with Gasteiger partial charge in [-0.2, -0.15) is 5.10 Å². The zero-order chi connectivity index (χ0) is 15.1. The van der Waals surface area contributed by atoms with Crippen LogP contribution in [0.5, 0.6) is 11.5 Å². The number of rotatable bonds is 6. The number of hydrogen-bond acceptors (Lipinski definition) is 4. The maximum absolute atomic E-state index is 5.86. The molecular formula is C17H20N2O2. The van der Waals surface area contributed by atoms with Gasteiger partial charge < -0.3 is 14.5 Å². The summed E-state index contributed by atoms with van der Waals surface area (Å²) in [5.74, 6) is 1.43. The molecule has 2 rings (SSSR count). The van der Waals surface area contributed by atoms with Gasteiger partial charge in [0.25, 0.3) is 0 Å². The van der Waals surface area contributed by atoms with Crippen molar-refractivity contribution in [2.75, 3.05) is 21.2 Å². The molecule has 2 aromatic carbocycles. The van der Waals surface area contributed by atoms with E-state index in [0.717, 1.165) is 11.1 Å². The Morgan fingerprint density at radius 3 is 2.48 bits per heavy atom. The van der Waals surface area contributed by atoms with Crippen molar-refractivity contribution in [3.05, 3.63) is 59.7 Å². The first-order valence-electron chi connectivity index (χ1n) is 6.75. The van der Waals surface area contributed by atoms with Crippen LogP contribution >= 0.6 is 0 Å². The average molecular weight is 284 g/mol. The van der Waals surface area contributed by atoms with E-state index in [1.807, 2.05) is 62.6 Å². The third-order valence-electron chi connectivity index (χ3n) is 2.86. The standard InChI is InChI=1S/C17H20N2O2/c1-19(2)18-12-15-9-10-16(20-3)17(11-15)21-13-14-7-5-4-6-8-14/h4-12H,13H2,1-3H3. The molecule has 0 aromatic heterocycles. The first-order chi connectivity index (χ1) is 10.2. The highest BCUT2D eigenvalue weighted by Crippen LogP contribution is 2.28. The Balaban J connectivity index is 2.14. The molecule has 0 radical (unpaired) electrons. The van der Waals surface area contributed by atoms with Crippen LogP contribution in [0.15, 0.2) is 53.6 Å². The normalized spacial score (nSPS) is 10.6. The molecule has 0 spiro atoms. The Hall–Kier alpha value is -2.49. The van der Waals surface area contributed by atoms with Crippen molar-refractivity contribution in [3.63, 3.8) is 0 Å². The molecule has 2 aromatic rings. The van der Waals surface area contributed by atoms with Crippen LogP contribution in [0.1, 0.15) is 11.1 Å². The second-order valence-electron chi connectivity index (χ2n) is 4.78. The molecule has 110 valence electrons. The van der Waals surface area contributed by atoms with Crippen LogP contribution in [0.3, 0.4) is 0 Å². The molecule has 0 N–H and O–H groups in total. The van der Waals surface area contributed by atoms with Crippen molar-refractivity contribution in [3.8, 4) is 11.5 Å². The van der Waals surface area contributed by atoms with E-state index in [0.29, 0.717) is 18.1 Å². The molecule has 0 aliphatic rings. The molecule has 0 heterocycles. The van der Waals surface area contributed by atoms with E-state index in [4.69, 9.17) is 9.47 Å². The van der Waals surface area contributed by atoms with Crippen molar-refractivity contribution in [2.24, 2.45) is 5.10 Å². The van der Waals surface area contributed by atoms with Gasteiger partial charge in [-0.3, -0.25) is 0 Å². The topological polar surface area (TPSA) is 34.1 Å². The highest BCUT2D eigenvalue weighted by Gasteiger charge is 2.05. The summed E-state index contributed by atoms with van der Waals surface area (Å²) in [6.45, 7) is 0.505. The third-order valence-corrected chi connectivity index (χ3v) is 2.86. The molecule has 0 atom stereocenters. The van der Waals surface area contributed by atoms with E-state index in [2.05, 4.69) is 5.10 Å². The van der Waals surface area contributed by atoms with Gasteiger partial charge in [0.15, 0.2) is 11.5 Å². The molecule has 0 fully saturated rings. The summed E-state index contributed by atoms with van der Waals surface area (Å²) in [5, 5.41) is 5.97. The molecule has 0 aliphatic carbocycles. The zero-order valence-electron chi connectivity index (χ0n) is 12.6. The lowest BCUT2D eigenvalue weighted by Crippen LogP contribution is -2.02. The molecule has 0 unspecified atom stereocenters. The fourth-order valence-corrected chi connectivity index (χ4v) is 1.80. The van der Waals surface area contributed by atoms with Gasteiger partial charge in [-0.15, -0.1) is 0 Å². The Kier molecular flexibility index (Phi) is 5.21. The van der Waals surface area contributed by atoms with Gasteiger partial charge in [0.2, 0.25) is 0 Å². The number of ether oxygens (including phenoxy) is 2. The highest BCUT2D eigenvalue weighted by molar-refractivity contribution is 5.80. The summed E-state index contributed by atoms with van der Waals surface area (Å²) >= 11 is 0. The zero-order valence-corrected chi connectivity index (χ0v) is 12.6. The summed E-state index contributed by atoms with van der Waals surface area (Å²) in [4.78, 5) is 0. The number of methoxy groups -OCH3 is 1. The minimum absolute atomic E-state index is 0.505. The lowest BCUT2D eigenvalue weighted by molar-refractivity contribution is 0.284. The number of hydrazone groups is 1. The van der Waals surface area contributed by atoms with Gasteiger partial charge >= 0.3 is 0 Å². The van der Waals surface area contributed by atoms with Crippen LogP contribution in [-0.4, -0.2) is 32.4 Å². The van der Waals surface area contributed by atoms with E-state index in [-0.39, 0.29) is 0 Å². The summed E-state index contributed by atoms with van der Waals surface area (Å²) in [6.07, 6.45) is 1.79. The molecule has 0 aliphatic heterocycles. The Morgan fingerprint density at radius 2 is 1.81 bits per heavy atom. The quantitative estimate of drug-likeness (QED) is 0.603. The molecule has 0 bridgehead atoms. The molecule has 0 amide bonds. The fraction of sp³-hybridized carbons (Fsp3) is 0.235. The van der Waals surface area contributed by atoms with Gasteiger partial charge in [-0.1, -0.05) is 30.3 Å². The summed E-state index contributed by atoms with van der Waals surface area (Å²) < 4.78 is 11.2. The van der Waals surface area contributed by atoms with Crippen LogP contribution < -0.4 is 9.47 Å². The fourth-order valence-electron chi connectivity index (χ4n) is 1.80. The van der Waals surface area contributed by atoms with E-state index in [1.165, 1.54) is 0 Å². The average Bonchev–Trinajstić information content (AvgIpc) is 2.52. The first kappa shape index (κ1) is 14.9. The Morgan fingerprint density at radius 1 is 1.05 bits per heavy atom. The maximum atomic E-state index is 5.86. The predicted octanol–water partition coefficient (Wildman–Crippen LogP) is 3.17. The predicted molar refractivity (Wildman–Crippen MR) is 85.0 cm³/mol. The lowest BCUT2D eigenvalue weighted by Gasteiger charge is -2.11. The van der Waals surface area contributed by atoms with Crippen LogP contribution in [0.2, 0.25) is 0 Å². The molecule has 4 nitrogen and oxygen atoms in total. The second-order valence-corrected chi connectivity index (χ2v) is 4.78. The first-order valence-corrected chi connectivity index (χ1v) is 6.75. The molecule has 21 heavy (non-hydrogen) atoms. The van der Waals surface area contributed by atoms with Crippen LogP contribution in [0, 0.1) is 0 Å². The number of hydrogen-bond donors (Lipinski definition) is 0. The van der Waals surface area contributed by atoms with Gasteiger partial charge in [-0.25, -0.2) is 0 Å². The molecule has 0 saturated heterocycles. The van der Waals surface area contributed by atoms with Crippen molar-refractivity contribution >= 4 is 6.21 Å². The van der Waals surface area contributed by atoms with E-state index < -0.39 is 0 Å². The van der Waals surface area contributed by atoms with Crippen LogP contribution in [0.25, 0.3) is 0 Å². The summed E-state index contributed by atoms with van der Waals surface area (Å²) in [5.41, 5.74) is 2.08. The van der Waals surface area contributed by atoms with Crippen LogP contribution in [-0.2, 0) is 6.61 Å². The lowest BCUT2D eigenvalue weighted by atomic mass is 10.2. The monoisotopic (exact) mass is 284 g/mol. The Bertz CT molecular complexity index is 595. The Labute approximate surface area is 125 Å². The molecular weight excluding hydrogens is 264 g/mol. The van der Waals surface area contributed by atoms with Crippen molar-refractivity contribution in [2.45, 2.75) is 6.61 Å². The molecule has 0 saturated carbocycles. The van der Waals surface area contributed by atoms with Gasteiger partial charge in [0, 0.05) is 14.1 Å². The third kappa shape index (κ3) is 4.53. The van der Waals surface area contributed by atoms with Crippen molar-refractivity contribution < 1.29 is 9.47 Å². The van der Waals surface area contributed by atoms with E-state index in [9.17, 15) is 0 Å². The highest BCUT2D eigenvalue weighted by atomic mass is 16.5.